The summed E-state index contributed by atoms with van der Waals surface area (Å²) in [5, 5.41) is 14.4. The number of piperidine rings is 1. The van der Waals surface area contributed by atoms with Crippen LogP contribution in [0.2, 0.25) is 5.02 Å². The molecule has 1 saturated heterocycles. The van der Waals surface area contributed by atoms with E-state index in [-0.39, 0.29) is 46.6 Å². The number of nitriles is 1. The molecular weight excluding hydrogens is 566 g/mol. The molecule has 0 bridgehead atoms. The summed E-state index contributed by atoms with van der Waals surface area (Å²) in [6.07, 6.45) is -3.95. The minimum Gasteiger partial charge on any atom is -0.454 e. The van der Waals surface area contributed by atoms with Crippen LogP contribution in [0.4, 0.5) is 35.1 Å². The monoisotopic (exact) mass is 585 g/mol. The number of anilines is 3. The Balaban J connectivity index is 1.47. The van der Waals surface area contributed by atoms with Gasteiger partial charge in [-0.2, -0.15) is 37.7 Å². The van der Waals surface area contributed by atoms with Gasteiger partial charge in [0.15, 0.2) is 6.61 Å². The summed E-state index contributed by atoms with van der Waals surface area (Å²) in [5.74, 6) is -0.957. The van der Waals surface area contributed by atoms with Gasteiger partial charge in [0.2, 0.25) is 21.9 Å². The summed E-state index contributed by atoms with van der Waals surface area (Å²) in [4.78, 5) is 11.9. The minimum atomic E-state index is -4.63. The van der Waals surface area contributed by atoms with Crippen LogP contribution >= 0.6 is 11.6 Å². The van der Waals surface area contributed by atoms with Crippen LogP contribution in [-0.4, -0.2) is 59.6 Å². The Hall–Kier alpha value is -3.74. The van der Waals surface area contributed by atoms with Gasteiger partial charge >= 0.3 is 12.2 Å². The van der Waals surface area contributed by atoms with Gasteiger partial charge in [-0.3, -0.25) is 0 Å². The van der Waals surface area contributed by atoms with Crippen molar-refractivity contribution in [2.75, 3.05) is 30.3 Å². The van der Waals surface area contributed by atoms with Crippen molar-refractivity contribution >= 4 is 39.2 Å². The van der Waals surface area contributed by atoms with E-state index >= 15 is 0 Å². The number of benzene rings is 2. The van der Waals surface area contributed by atoms with E-state index in [1.54, 1.807) is 0 Å². The molecule has 1 aliphatic heterocycles. The van der Waals surface area contributed by atoms with Crippen molar-refractivity contribution in [1.29, 1.82) is 5.26 Å². The van der Waals surface area contributed by atoms with Gasteiger partial charge in [-0.25, -0.2) is 12.8 Å². The second-order valence-corrected chi connectivity index (χ2v) is 10.7. The summed E-state index contributed by atoms with van der Waals surface area (Å²) in [5.41, 5.74) is 0.603. The number of nitrogens with one attached hydrogen (secondary N) is 2. The molecule has 16 heteroatoms. The van der Waals surface area contributed by atoms with Crippen LogP contribution in [0.15, 0.2) is 47.4 Å². The third kappa shape index (κ3) is 7.43. The number of rotatable bonds is 8. The van der Waals surface area contributed by atoms with Crippen LogP contribution in [0.5, 0.6) is 6.01 Å². The molecule has 0 aliphatic carbocycles. The Morgan fingerprint density at radius 3 is 2.36 bits per heavy atom. The largest absolute Gasteiger partial charge is 0.454 e. The van der Waals surface area contributed by atoms with E-state index in [1.165, 1.54) is 40.7 Å². The SMILES string of the molecule is N#Cc1ccc(S(=O)(=O)N2CCC(Nc3nc(Nc4ccc(F)c(Cl)c4)nc(OCC(F)(F)F)n3)CC2)cc1. The van der Waals surface area contributed by atoms with E-state index in [4.69, 9.17) is 16.9 Å². The van der Waals surface area contributed by atoms with Crippen LogP contribution in [0.1, 0.15) is 18.4 Å². The number of hydrogen-bond donors (Lipinski definition) is 2. The lowest BCUT2D eigenvalue weighted by Gasteiger charge is -2.31. The summed E-state index contributed by atoms with van der Waals surface area (Å²) >= 11 is 5.78. The van der Waals surface area contributed by atoms with Crippen LogP contribution in [0.25, 0.3) is 0 Å². The molecule has 0 amide bonds. The third-order valence-corrected chi connectivity index (χ3v) is 7.77. The van der Waals surface area contributed by atoms with Crippen molar-refractivity contribution in [3.05, 3.63) is 58.9 Å². The molecule has 3 aromatic rings. The summed E-state index contributed by atoms with van der Waals surface area (Å²) < 4.78 is 83.5. The number of alkyl halides is 3. The number of aromatic nitrogens is 3. The van der Waals surface area contributed by atoms with E-state index in [1.807, 2.05) is 6.07 Å². The van der Waals surface area contributed by atoms with Gasteiger partial charge in [0, 0.05) is 24.8 Å². The highest BCUT2D eigenvalue weighted by molar-refractivity contribution is 7.89. The minimum absolute atomic E-state index is 0.0634. The lowest BCUT2D eigenvalue weighted by atomic mass is 10.1. The summed E-state index contributed by atoms with van der Waals surface area (Å²) in [6, 6.07) is 10.3. The molecule has 10 nitrogen and oxygen atoms in total. The molecular formula is C23H20ClF4N7O3S. The van der Waals surface area contributed by atoms with Gasteiger partial charge in [0.1, 0.15) is 5.82 Å². The predicted molar refractivity (Wildman–Crippen MR) is 133 cm³/mol. The fraction of sp³-hybridized carbons (Fsp3) is 0.304. The zero-order valence-corrected chi connectivity index (χ0v) is 21.5. The number of nitrogens with zero attached hydrogens (tertiary/aromatic N) is 5. The van der Waals surface area contributed by atoms with Crippen molar-refractivity contribution in [1.82, 2.24) is 19.3 Å². The topological polar surface area (TPSA) is 133 Å². The molecule has 2 N–H and O–H groups in total. The maximum absolute atomic E-state index is 13.5. The van der Waals surface area contributed by atoms with Gasteiger partial charge in [-0.15, -0.1) is 0 Å². The maximum Gasteiger partial charge on any atom is 0.422 e. The standard InChI is InChI=1S/C23H20ClF4N7O3S/c24-18-11-16(3-6-19(18)25)31-21-32-20(33-22(34-21)38-13-23(26,27)28)30-15-7-9-35(10-8-15)39(36,37)17-4-1-14(12-29)2-5-17/h1-6,11,15H,7-10,13H2,(H2,30,31,32,33,34). The van der Waals surface area contributed by atoms with Crippen LogP contribution in [-0.2, 0) is 10.0 Å². The van der Waals surface area contributed by atoms with Crippen molar-refractivity contribution in [3.8, 4) is 12.1 Å². The van der Waals surface area contributed by atoms with E-state index in [0.717, 1.165) is 6.07 Å². The van der Waals surface area contributed by atoms with Gasteiger partial charge in [-0.05, 0) is 55.3 Å². The van der Waals surface area contributed by atoms with Gasteiger partial charge in [-0.1, -0.05) is 11.6 Å². The summed E-state index contributed by atoms with van der Waals surface area (Å²) in [6.45, 7) is -1.33. The Labute approximate surface area is 225 Å². The predicted octanol–water partition coefficient (Wildman–Crippen LogP) is 4.49. The molecule has 0 radical (unpaired) electrons. The Morgan fingerprint density at radius 2 is 1.74 bits per heavy atom. The molecule has 0 unspecified atom stereocenters. The Bertz CT molecular complexity index is 1480. The molecule has 0 saturated carbocycles. The molecule has 1 fully saturated rings. The number of ether oxygens (including phenoxy) is 1. The first-order valence-electron chi connectivity index (χ1n) is 11.4. The third-order valence-electron chi connectivity index (χ3n) is 5.56. The molecule has 0 atom stereocenters. The van der Waals surface area contributed by atoms with E-state index in [2.05, 4.69) is 30.3 Å². The zero-order valence-electron chi connectivity index (χ0n) is 19.9. The van der Waals surface area contributed by atoms with Gasteiger partial charge < -0.3 is 15.4 Å². The zero-order chi connectivity index (χ0) is 28.2. The van der Waals surface area contributed by atoms with Crippen LogP contribution in [0.3, 0.4) is 0 Å². The maximum atomic E-state index is 13.5. The molecule has 2 heterocycles. The lowest BCUT2D eigenvalue weighted by molar-refractivity contribution is -0.154. The molecule has 1 aliphatic rings. The van der Waals surface area contributed by atoms with E-state index < -0.39 is 34.6 Å². The molecule has 0 spiro atoms. The highest BCUT2D eigenvalue weighted by Crippen LogP contribution is 2.26. The quantitative estimate of drug-likeness (QED) is 0.367. The normalized spacial score (nSPS) is 15.0. The van der Waals surface area contributed by atoms with Crippen molar-refractivity contribution < 1.29 is 30.7 Å². The number of hydrogen-bond acceptors (Lipinski definition) is 9. The van der Waals surface area contributed by atoms with Gasteiger partial charge in [0.25, 0.3) is 0 Å². The van der Waals surface area contributed by atoms with E-state index in [0.29, 0.717) is 18.4 Å². The highest BCUT2D eigenvalue weighted by atomic mass is 35.5. The molecule has 4 rings (SSSR count). The number of sulfonamides is 1. The Morgan fingerprint density at radius 1 is 1.08 bits per heavy atom. The first-order chi connectivity index (χ1) is 18.4. The van der Waals surface area contributed by atoms with Crippen molar-refractivity contribution in [2.24, 2.45) is 0 Å². The van der Waals surface area contributed by atoms with Crippen LogP contribution < -0.4 is 15.4 Å². The molecule has 1 aromatic heterocycles. The first-order valence-corrected chi connectivity index (χ1v) is 13.2. The molecule has 2 aromatic carbocycles. The van der Waals surface area contributed by atoms with Crippen molar-refractivity contribution in [3.63, 3.8) is 0 Å². The average Bonchev–Trinajstić information content (AvgIpc) is 2.89. The lowest BCUT2D eigenvalue weighted by Crippen LogP contribution is -2.42. The fourth-order valence-corrected chi connectivity index (χ4v) is 5.31. The first kappa shape index (κ1) is 28.3. The fourth-order valence-electron chi connectivity index (χ4n) is 3.66. The second kappa shape index (κ2) is 11.6. The number of halogens is 5. The smallest absolute Gasteiger partial charge is 0.422 e. The van der Waals surface area contributed by atoms with Crippen LogP contribution in [0, 0.1) is 17.1 Å². The van der Waals surface area contributed by atoms with Gasteiger partial charge in [0.05, 0.1) is 21.6 Å². The molecule has 206 valence electrons. The van der Waals surface area contributed by atoms with Crippen molar-refractivity contribution in [2.45, 2.75) is 30.0 Å². The summed E-state index contributed by atoms with van der Waals surface area (Å²) in [7, 11) is -3.78. The highest BCUT2D eigenvalue weighted by Gasteiger charge is 2.31. The second-order valence-electron chi connectivity index (χ2n) is 8.38. The molecule has 39 heavy (non-hydrogen) atoms. The Kier molecular flexibility index (Phi) is 8.38. The average molecular weight is 586 g/mol. The van der Waals surface area contributed by atoms with E-state index in [9.17, 15) is 26.0 Å².